The van der Waals surface area contributed by atoms with Crippen LogP contribution in [0.5, 0.6) is 0 Å². The van der Waals surface area contributed by atoms with Gasteiger partial charge in [-0.3, -0.25) is 9.36 Å². The van der Waals surface area contributed by atoms with Crippen LogP contribution in [0.15, 0.2) is 4.79 Å². The van der Waals surface area contributed by atoms with Gasteiger partial charge in [0.25, 0.3) is 5.56 Å². The Bertz CT molecular complexity index is 751. The number of nitrogens with zero attached hydrogens (tertiary/aromatic N) is 1. The molecule has 4 nitrogen and oxygen atoms in total. The van der Waals surface area contributed by atoms with Gasteiger partial charge in [-0.1, -0.05) is 6.92 Å². The third-order valence-electron chi connectivity index (χ3n) is 3.90. The first-order chi connectivity index (χ1) is 9.61. The van der Waals surface area contributed by atoms with Crippen molar-refractivity contribution >= 4 is 33.8 Å². The van der Waals surface area contributed by atoms with E-state index in [0.29, 0.717) is 11.3 Å². The molecule has 2 aromatic rings. The highest BCUT2D eigenvalue weighted by Crippen LogP contribution is 2.27. The molecule has 0 unspecified atom stereocenters. The number of nitrogens with one attached hydrogen (secondary N) is 1. The Morgan fingerprint density at radius 3 is 3.00 bits per heavy atom. The maximum atomic E-state index is 12.8. The van der Waals surface area contributed by atoms with Gasteiger partial charge in [0, 0.05) is 11.5 Å². The van der Waals surface area contributed by atoms with E-state index < -0.39 is 0 Å². The van der Waals surface area contributed by atoms with Crippen LogP contribution in [0.1, 0.15) is 30.2 Å². The predicted molar refractivity (Wildman–Crippen MR) is 84.4 cm³/mol. The van der Waals surface area contributed by atoms with Crippen LogP contribution in [0.25, 0.3) is 10.2 Å². The maximum absolute atomic E-state index is 12.8. The van der Waals surface area contributed by atoms with Gasteiger partial charge in [0.15, 0.2) is 4.77 Å². The topological polar surface area (TPSA) is 47.0 Å². The number of rotatable bonds is 3. The lowest BCUT2D eigenvalue weighted by Crippen LogP contribution is -2.28. The Labute approximate surface area is 126 Å². The average Bonchev–Trinajstić information content (AvgIpc) is 3.01. The zero-order valence-electron chi connectivity index (χ0n) is 11.7. The molecule has 1 fully saturated rings. The number of hydrogen-bond acceptors (Lipinski definition) is 4. The summed E-state index contributed by atoms with van der Waals surface area (Å²) in [5, 5.41) is 0.807. The Morgan fingerprint density at radius 2 is 2.35 bits per heavy atom. The van der Waals surface area contributed by atoms with Gasteiger partial charge < -0.3 is 9.72 Å². The summed E-state index contributed by atoms with van der Waals surface area (Å²) in [4.78, 5) is 18.1. The second kappa shape index (κ2) is 5.42. The van der Waals surface area contributed by atoms with Gasteiger partial charge in [0.2, 0.25) is 0 Å². The molecule has 6 heteroatoms. The smallest absolute Gasteiger partial charge is 0.263 e. The number of thiophene rings is 1. The Morgan fingerprint density at radius 1 is 1.55 bits per heavy atom. The van der Waals surface area contributed by atoms with Crippen LogP contribution >= 0.6 is 23.6 Å². The largest absolute Gasteiger partial charge is 0.376 e. The maximum Gasteiger partial charge on any atom is 0.263 e. The zero-order chi connectivity index (χ0) is 14.3. The SMILES string of the molecule is CCc1c(C)sc2[nH]c(=S)n(C[C@H]3CCCO3)c(=O)c12. The van der Waals surface area contributed by atoms with Crippen molar-refractivity contribution in [2.75, 3.05) is 6.61 Å². The van der Waals surface area contributed by atoms with Crippen molar-refractivity contribution in [3.8, 4) is 0 Å². The summed E-state index contributed by atoms with van der Waals surface area (Å²) >= 11 is 6.97. The molecule has 20 heavy (non-hydrogen) atoms. The molecule has 0 spiro atoms. The van der Waals surface area contributed by atoms with Crippen molar-refractivity contribution in [2.24, 2.45) is 0 Å². The summed E-state index contributed by atoms with van der Waals surface area (Å²) in [5.74, 6) is 0. The second-order valence-corrected chi connectivity index (χ2v) is 6.79. The van der Waals surface area contributed by atoms with Crippen LogP contribution < -0.4 is 5.56 Å². The lowest BCUT2D eigenvalue weighted by Gasteiger charge is -2.12. The molecular formula is C14H18N2O2S2. The average molecular weight is 310 g/mol. The molecule has 1 atom stereocenters. The molecule has 1 N–H and O–H groups in total. The van der Waals surface area contributed by atoms with E-state index in [0.717, 1.165) is 41.6 Å². The quantitative estimate of drug-likeness (QED) is 0.886. The van der Waals surface area contributed by atoms with Gasteiger partial charge in [-0.15, -0.1) is 11.3 Å². The highest BCUT2D eigenvalue weighted by atomic mass is 32.1. The molecule has 2 aromatic heterocycles. The van der Waals surface area contributed by atoms with Crippen molar-refractivity contribution in [3.63, 3.8) is 0 Å². The molecule has 1 aliphatic rings. The van der Waals surface area contributed by atoms with Crippen LogP contribution in [-0.2, 0) is 17.7 Å². The van der Waals surface area contributed by atoms with E-state index in [1.165, 1.54) is 4.88 Å². The molecule has 1 aliphatic heterocycles. The minimum Gasteiger partial charge on any atom is -0.376 e. The number of H-pyrrole nitrogens is 1. The van der Waals surface area contributed by atoms with Crippen LogP contribution in [0.3, 0.4) is 0 Å². The third-order valence-corrected chi connectivity index (χ3v) is 5.28. The van der Waals surface area contributed by atoms with Crippen molar-refractivity contribution in [3.05, 3.63) is 25.6 Å². The van der Waals surface area contributed by atoms with E-state index in [9.17, 15) is 4.79 Å². The van der Waals surface area contributed by atoms with Gasteiger partial charge in [-0.25, -0.2) is 0 Å². The number of hydrogen-bond donors (Lipinski definition) is 1. The molecular weight excluding hydrogens is 292 g/mol. The minimum absolute atomic E-state index is 0.0282. The molecule has 0 aromatic carbocycles. The first-order valence-electron chi connectivity index (χ1n) is 6.98. The molecule has 0 aliphatic carbocycles. The number of aryl methyl sites for hydroxylation is 2. The first kappa shape index (κ1) is 14.0. The van der Waals surface area contributed by atoms with Crippen LogP contribution in [0.4, 0.5) is 0 Å². The molecule has 0 radical (unpaired) electrons. The minimum atomic E-state index is 0.0282. The fourth-order valence-corrected chi connectivity index (χ4v) is 4.33. The number of aromatic nitrogens is 2. The molecule has 3 heterocycles. The highest BCUT2D eigenvalue weighted by Gasteiger charge is 2.20. The summed E-state index contributed by atoms with van der Waals surface area (Å²) in [6.07, 6.45) is 3.05. The Balaban J connectivity index is 2.16. The van der Waals surface area contributed by atoms with Crippen LogP contribution in [0, 0.1) is 11.7 Å². The van der Waals surface area contributed by atoms with Crippen molar-refractivity contribution in [1.82, 2.24) is 9.55 Å². The summed E-state index contributed by atoms with van der Waals surface area (Å²) in [5.41, 5.74) is 1.17. The van der Waals surface area contributed by atoms with E-state index in [2.05, 4.69) is 18.8 Å². The molecule has 0 amide bonds. The Hall–Kier alpha value is -0.980. The highest BCUT2D eigenvalue weighted by molar-refractivity contribution is 7.71. The predicted octanol–water partition coefficient (Wildman–Crippen LogP) is 3.17. The van der Waals surface area contributed by atoms with Crippen LogP contribution in [0.2, 0.25) is 0 Å². The molecule has 0 saturated carbocycles. The normalized spacial score (nSPS) is 19.0. The number of ether oxygens (including phenoxy) is 1. The monoisotopic (exact) mass is 310 g/mol. The van der Waals surface area contributed by atoms with E-state index in [1.54, 1.807) is 15.9 Å². The van der Waals surface area contributed by atoms with E-state index in [4.69, 9.17) is 17.0 Å². The van der Waals surface area contributed by atoms with Gasteiger partial charge in [0.1, 0.15) is 4.83 Å². The van der Waals surface area contributed by atoms with Crippen LogP contribution in [-0.4, -0.2) is 22.3 Å². The number of fused-ring (bicyclic) bond motifs is 1. The van der Waals surface area contributed by atoms with Crippen molar-refractivity contribution in [2.45, 2.75) is 45.8 Å². The van der Waals surface area contributed by atoms with E-state index >= 15 is 0 Å². The van der Waals surface area contributed by atoms with Gasteiger partial charge >= 0.3 is 0 Å². The van der Waals surface area contributed by atoms with Crippen molar-refractivity contribution in [1.29, 1.82) is 0 Å². The van der Waals surface area contributed by atoms with Gasteiger partial charge in [-0.2, -0.15) is 0 Å². The number of aromatic amines is 1. The standard InChI is InChI=1S/C14H18N2O2S2/c1-3-10-8(2)20-12-11(10)13(17)16(14(19)15-12)7-9-5-4-6-18-9/h9H,3-7H2,1-2H3,(H,15,19)/t9-/m1/s1. The third kappa shape index (κ3) is 2.25. The lowest BCUT2D eigenvalue weighted by molar-refractivity contribution is 0.0957. The fraction of sp³-hybridized carbons (Fsp3) is 0.571. The first-order valence-corrected chi connectivity index (χ1v) is 8.21. The van der Waals surface area contributed by atoms with Crippen molar-refractivity contribution < 1.29 is 4.74 Å². The summed E-state index contributed by atoms with van der Waals surface area (Å²) < 4.78 is 7.79. The second-order valence-electron chi connectivity index (χ2n) is 5.18. The van der Waals surface area contributed by atoms with Gasteiger partial charge in [0.05, 0.1) is 18.0 Å². The van der Waals surface area contributed by atoms with E-state index in [-0.39, 0.29) is 11.7 Å². The Kier molecular flexibility index (Phi) is 3.79. The molecule has 0 bridgehead atoms. The zero-order valence-corrected chi connectivity index (χ0v) is 13.3. The van der Waals surface area contributed by atoms with E-state index in [1.807, 2.05) is 0 Å². The summed E-state index contributed by atoms with van der Waals surface area (Å²) in [6.45, 7) is 5.49. The lowest BCUT2D eigenvalue weighted by atomic mass is 10.1. The molecule has 1 saturated heterocycles. The van der Waals surface area contributed by atoms with Gasteiger partial charge in [-0.05, 0) is 44.0 Å². The fourth-order valence-electron chi connectivity index (χ4n) is 2.87. The molecule has 3 rings (SSSR count). The summed E-state index contributed by atoms with van der Waals surface area (Å²) in [7, 11) is 0. The molecule has 108 valence electrons. The summed E-state index contributed by atoms with van der Waals surface area (Å²) in [6, 6.07) is 0.